The average molecular weight is 1190 g/mol. The SMILES string of the molecule is COCCO[C@@H](Cn1c(=O)n([C@@]2(C)CCC(=O)N(C)C2)c(=O)c2c(C)c(-n3nccn3)sc21)c1cc(F)ccc1OC.COCCO[C@@H](Cn1c(=O)n([C@@]2(C)CCC(=O)NC2)c(=O)c2c(C)c(-n3nccn3)sc21)c1cc(F)ccc1OC. The molecule has 4 atom stereocenters. The Bertz CT molecular complexity index is 3920. The van der Waals surface area contributed by atoms with Gasteiger partial charge in [-0.3, -0.25) is 37.4 Å². The van der Waals surface area contributed by atoms with Gasteiger partial charge in [-0.05, 0) is 76.9 Å². The van der Waals surface area contributed by atoms with E-state index in [1.54, 1.807) is 27.8 Å². The number of ether oxygens (including phenoxy) is 6. The molecule has 0 aliphatic carbocycles. The van der Waals surface area contributed by atoms with E-state index in [9.17, 15) is 37.5 Å². The number of nitrogens with zero attached hydrogens (tertiary/aromatic N) is 11. The maximum absolute atomic E-state index is 14.5. The third-order valence-electron chi connectivity index (χ3n) is 15.1. The zero-order valence-corrected chi connectivity index (χ0v) is 48.9. The van der Waals surface area contributed by atoms with E-state index in [4.69, 9.17) is 28.4 Å². The summed E-state index contributed by atoms with van der Waals surface area (Å²) in [5.41, 5.74) is -1.96. The number of methoxy groups -OCH3 is 4. The number of likely N-dealkylation sites (tertiary alicyclic amines) is 1. The van der Waals surface area contributed by atoms with Crippen LogP contribution in [0.4, 0.5) is 8.78 Å². The van der Waals surface area contributed by atoms with Crippen LogP contribution >= 0.6 is 22.7 Å². The molecule has 2 aliphatic rings. The number of piperidine rings is 2. The van der Waals surface area contributed by atoms with Crippen molar-refractivity contribution in [3.05, 3.63) is 137 Å². The normalized spacial score (nSPS) is 18.1. The van der Waals surface area contributed by atoms with E-state index in [-0.39, 0.29) is 77.3 Å². The van der Waals surface area contributed by atoms with Crippen LogP contribution in [0.25, 0.3) is 30.4 Å². The molecule has 0 saturated carbocycles. The Morgan fingerprint density at radius 3 is 1.46 bits per heavy atom. The summed E-state index contributed by atoms with van der Waals surface area (Å²) in [5.74, 6) is -0.397. The Morgan fingerprint density at radius 2 is 1.06 bits per heavy atom. The Hall–Kier alpha value is -7.76. The number of benzene rings is 2. The van der Waals surface area contributed by atoms with Crippen molar-refractivity contribution in [1.82, 2.24) is 58.5 Å². The molecule has 0 unspecified atom stereocenters. The number of hydrogen-bond donors (Lipinski definition) is 1. The molecule has 2 saturated heterocycles. The average Bonchev–Trinajstić information content (AvgIpc) is 2.24. The lowest BCUT2D eigenvalue weighted by atomic mass is 9.90. The Morgan fingerprint density at radius 1 is 0.627 bits per heavy atom. The fourth-order valence-electron chi connectivity index (χ4n) is 10.7. The number of carbonyl (C=O) groups excluding carboxylic acids is 2. The molecule has 8 heterocycles. The first-order valence-electron chi connectivity index (χ1n) is 26.5. The first kappa shape index (κ1) is 59.8. The summed E-state index contributed by atoms with van der Waals surface area (Å²) in [6.07, 6.45) is 5.43. The molecule has 8 aromatic rings. The molecular weight excluding hydrogens is 1120 g/mol. The largest absolute Gasteiger partial charge is 0.496 e. The molecule has 0 bridgehead atoms. The van der Waals surface area contributed by atoms with Crippen LogP contribution in [0.3, 0.4) is 0 Å². The summed E-state index contributed by atoms with van der Waals surface area (Å²) in [6, 6.07) is 8.19. The van der Waals surface area contributed by atoms with E-state index < -0.39 is 57.4 Å². The number of aryl methyl sites for hydroxylation is 2. The molecule has 0 spiro atoms. The van der Waals surface area contributed by atoms with Crippen LogP contribution in [0, 0.1) is 25.5 Å². The highest BCUT2D eigenvalue weighted by Crippen LogP contribution is 2.38. The van der Waals surface area contributed by atoms with E-state index in [1.807, 2.05) is 6.92 Å². The molecule has 1 N–H and O–H groups in total. The maximum Gasteiger partial charge on any atom is 0.332 e. The Balaban J connectivity index is 0.000000200. The van der Waals surface area contributed by atoms with Gasteiger partial charge in [-0.1, -0.05) is 22.7 Å². The van der Waals surface area contributed by atoms with Crippen molar-refractivity contribution in [3.63, 3.8) is 0 Å². The lowest BCUT2D eigenvalue weighted by Gasteiger charge is -2.39. The second-order valence-electron chi connectivity index (χ2n) is 20.6. The smallest absolute Gasteiger partial charge is 0.332 e. The highest BCUT2D eigenvalue weighted by molar-refractivity contribution is 7.21. The summed E-state index contributed by atoms with van der Waals surface area (Å²) >= 11 is 2.41. The summed E-state index contributed by atoms with van der Waals surface area (Å²) in [6.45, 7) is 8.21. The van der Waals surface area contributed by atoms with Gasteiger partial charge < -0.3 is 38.6 Å². The van der Waals surface area contributed by atoms with Crippen molar-refractivity contribution < 1.29 is 46.8 Å². The molecule has 442 valence electrons. The van der Waals surface area contributed by atoms with Gasteiger partial charge in [0.15, 0.2) is 0 Å². The second-order valence-corrected chi connectivity index (χ2v) is 22.6. The number of thiophene rings is 2. The lowest BCUT2D eigenvalue weighted by Crippen LogP contribution is -2.57. The van der Waals surface area contributed by atoms with Crippen LogP contribution < -0.4 is 37.3 Å². The lowest BCUT2D eigenvalue weighted by molar-refractivity contribution is -0.135. The number of hydrogen-bond acceptors (Lipinski definition) is 18. The van der Waals surface area contributed by atoms with Crippen molar-refractivity contribution in [2.24, 2.45) is 0 Å². The molecule has 0 radical (unpaired) electrons. The molecule has 28 heteroatoms. The zero-order valence-electron chi connectivity index (χ0n) is 47.3. The van der Waals surface area contributed by atoms with E-state index in [2.05, 4.69) is 25.7 Å². The molecule has 2 aliphatic heterocycles. The summed E-state index contributed by atoms with van der Waals surface area (Å²) in [5, 5.41) is 21.6. The van der Waals surface area contributed by atoms with Crippen LogP contribution in [-0.4, -0.2) is 140 Å². The third kappa shape index (κ3) is 11.8. The van der Waals surface area contributed by atoms with Gasteiger partial charge in [0.05, 0.1) is 100 Å². The second kappa shape index (κ2) is 25.0. The van der Waals surface area contributed by atoms with E-state index in [1.165, 1.54) is 145 Å². The molecule has 2 aromatic carbocycles. The van der Waals surface area contributed by atoms with Gasteiger partial charge in [-0.25, -0.2) is 18.4 Å². The van der Waals surface area contributed by atoms with Gasteiger partial charge in [0.1, 0.15) is 55.0 Å². The predicted octanol–water partition coefficient (Wildman–Crippen LogP) is 4.92. The first-order chi connectivity index (χ1) is 39.8. The van der Waals surface area contributed by atoms with Crippen molar-refractivity contribution >= 4 is 54.9 Å². The molecule has 2 amide bonds. The predicted molar refractivity (Wildman–Crippen MR) is 303 cm³/mol. The van der Waals surface area contributed by atoms with Gasteiger partial charge in [0, 0.05) is 69.5 Å². The number of aromatic nitrogens is 10. The number of likely N-dealkylation sites (N-methyl/N-ethyl adjacent to an activating group) is 1. The van der Waals surface area contributed by atoms with Gasteiger partial charge in [-0.15, -0.1) is 9.59 Å². The molecule has 10 rings (SSSR count). The van der Waals surface area contributed by atoms with Crippen LogP contribution in [0.15, 0.2) is 80.4 Å². The van der Waals surface area contributed by atoms with Crippen LogP contribution in [0.2, 0.25) is 0 Å². The summed E-state index contributed by atoms with van der Waals surface area (Å²) < 4.78 is 68.0. The molecule has 6 aromatic heterocycles. The topological polar surface area (TPSA) is 254 Å². The quantitative estimate of drug-likeness (QED) is 0.0994. The van der Waals surface area contributed by atoms with Gasteiger partial charge >= 0.3 is 11.4 Å². The van der Waals surface area contributed by atoms with Crippen LogP contribution in [0.5, 0.6) is 11.5 Å². The molecule has 83 heavy (non-hydrogen) atoms. The third-order valence-corrected chi connectivity index (χ3v) is 17.6. The first-order valence-corrected chi connectivity index (χ1v) is 28.1. The van der Waals surface area contributed by atoms with E-state index >= 15 is 0 Å². The monoisotopic (exact) mass is 1190 g/mol. The van der Waals surface area contributed by atoms with Gasteiger partial charge in [-0.2, -0.15) is 20.4 Å². The summed E-state index contributed by atoms with van der Waals surface area (Å²) in [7, 11) is 7.68. The minimum Gasteiger partial charge on any atom is -0.496 e. The fourth-order valence-corrected chi connectivity index (χ4v) is 13.1. The number of carbonyl (C=O) groups is 2. The van der Waals surface area contributed by atoms with Crippen LogP contribution in [-0.2, 0) is 52.7 Å². The highest BCUT2D eigenvalue weighted by Gasteiger charge is 2.40. The Labute approximate surface area is 481 Å². The van der Waals surface area contributed by atoms with Crippen molar-refractivity contribution in [2.45, 2.75) is 89.8 Å². The van der Waals surface area contributed by atoms with E-state index in [0.29, 0.717) is 77.0 Å². The number of halogens is 2. The number of rotatable bonds is 20. The summed E-state index contributed by atoms with van der Waals surface area (Å²) in [4.78, 5) is 86.5. The molecule has 24 nitrogen and oxygen atoms in total. The number of amides is 2. The zero-order chi connectivity index (χ0) is 59.5. The minimum atomic E-state index is -0.973. The number of fused-ring (bicyclic) bond motifs is 2. The standard InChI is InChI=1S/C28H33FN6O6S.C27H31FN6O6S/c1-17-23-24(37)34(28(2)9-8-22(36)32(3)16-28)27(38)33(26(23)42-25(17)35-30-10-11-31-35)15-21(41-13-12-39-4)19-14-18(29)6-7-20(19)40-5;1-16-22-23(36)33(27(2)8-7-21(35)29-15-27)26(37)32(25(22)41-24(16)34-30-9-10-31-34)14-20(40-12-11-38-3)18-13-17(28)5-6-19(18)39-4/h6-7,10-11,14,21H,8-9,12-13,15-16H2,1-5H3;5-6,9-10,13,20H,7-8,11-12,14-15H2,1-4H3,(H,29,35)/t21-,28-;20-,27-/m00/s1. The van der Waals surface area contributed by atoms with E-state index in [0.717, 1.165) is 0 Å². The Kier molecular flexibility index (Phi) is 18.0. The number of nitrogens with one attached hydrogen (secondary N) is 1. The van der Waals surface area contributed by atoms with Crippen LogP contribution in [0.1, 0.15) is 74.0 Å². The minimum absolute atomic E-state index is 0.0505. The highest BCUT2D eigenvalue weighted by atomic mass is 32.1. The molecular formula is C55H64F2N12O12S2. The van der Waals surface area contributed by atoms with Crippen molar-refractivity contribution in [1.29, 1.82) is 0 Å². The van der Waals surface area contributed by atoms with Gasteiger partial charge in [0.25, 0.3) is 11.1 Å². The maximum atomic E-state index is 14.5. The molecule has 2 fully saturated rings. The van der Waals surface area contributed by atoms with Gasteiger partial charge in [0.2, 0.25) is 11.8 Å². The van der Waals surface area contributed by atoms with Crippen molar-refractivity contribution in [3.8, 4) is 21.5 Å². The van der Waals surface area contributed by atoms with Crippen molar-refractivity contribution in [2.75, 3.05) is 75.0 Å². The fraction of sp³-hybridized carbons (Fsp3) is 0.455.